The van der Waals surface area contributed by atoms with Crippen LogP contribution in [0.4, 0.5) is 4.39 Å². The molecule has 0 aliphatic rings. The molecule has 0 fully saturated rings. The summed E-state index contributed by atoms with van der Waals surface area (Å²) in [5, 5.41) is 3.46. The summed E-state index contributed by atoms with van der Waals surface area (Å²) in [6, 6.07) is 13.1. The third kappa shape index (κ3) is 4.05. The van der Waals surface area contributed by atoms with Gasteiger partial charge in [0.2, 0.25) is 0 Å². The van der Waals surface area contributed by atoms with E-state index in [1.54, 1.807) is 19.2 Å². The normalized spacial score (nSPS) is 12.2. The average Bonchev–Trinajstić information content (AvgIpc) is 2.47. The van der Waals surface area contributed by atoms with Gasteiger partial charge < -0.3 is 10.1 Å². The van der Waals surface area contributed by atoms with Gasteiger partial charge in [-0.15, -0.1) is 0 Å². The summed E-state index contributed by atoms with van der Waals surface area (Å²) in [7, 11) is 1.68. The van der Waals surface area contributed by atoms with Crippen molar-refractivity contribution in [2.75, 3.05) is 13.7 Å². The summed E-state index contributed by atoms with van der Waals surface area (Å²) in [5.74, 6) is 0.693. The molecule has 0 aromatic heterocycles. The molecule has 1 atom stereocenters. The molecule has 2 nitrogen and oxygen atoms in total. The highest BCUT2D eigenvalue weighted by Crippen LogP contribution is 2.25. The highest BCUT2D eigenvalue weighted by molar-refractivity contribution is 5.38. The van der Waals surface area contributed by atoms with Gasteiger partial charge in [0.15, 0.2) is 0 Å². The summed E-state index contributed by atoms with van der Waals surface area (Å²) in [6.45, 7) is 4.96. The molecule has 0 saturated carbocycles. The van der Waals surface area contributed by atoms with E-state index in [9.17, 15) is 4.39 Å². The van der Waals surface area contributed by atoms with E-state index in [4.69, 9.17) is 4.74 Å². The van der Waals surface area contributed by atoms with Gasteiger partial charge in [-0.05, 0) is 54.8 Å². The molecule has 2 rings (SSSR count). The first kappa shape index (κ1) is 15.5. The number of nitrogens with one attached hydrogen (secondary N) is 1. The number of halogens is 1. The second-order valence-electron chi connectivity index (χ2n) is 5.17. The van der Waals surface area contributed by atoms with Crippen molar-refractivity contribution in [1.82, 2.24) is 5.32 Å². The number of ether oxygens (including phenoxy) is 1. The van der Waals surface area contributed by atoms with E-state index in [0.717, 1.165) is 35.4 Å². The predicted molar refractivity (Wildman–Crippen MR) is 84.3 cm³/mol. The molecule has 21 heavy (non-hydrogen) atoms. The number of aryl methyl sites for hydroxylation is 1. The van der Waals surface area contributed by atoms with Crippen LogP contribution in [0.5, 0.6) is 5.75 Å². The second kappa shape index (κ2) is 7.23. The van der Waals surface area contributed by atoms with Crippen molar-refractivity contribution in [2.24, 2.45) is 0 Å². The fraction of sp³-hybridized carbons (Fsp3) is 0.333. The standard InChI is InChI=1S/C18H22FNO/c1-4-20-17(11-14-6-5-7-16(19)10-14)15-9-8-13(2)18(12-15)21-3/h5-10,12,17,20H,4,11H2,1-3H3. The third-order valence-electron chi connectivity index (χ3n) is 3.61. The Morgan fingerprint density at radius 3 is 2.67 bits per heavy atom. The Hall–Kier alpha value is -1.87. The van der Waals surface area contributed by atoms with Crippen LogP contribution in [-0.2, 0) is 6.42 Å². The summed E-state index contributed by atoms with van der Waals surface area (Å²) in [4.78, 5) is 0. The minimum absolute atomic E-state index is 0.145. The van der Waals surface area contributed by atoms with Crippen molar-refractivity contribution >= 4 is 0 Å². The Kier molecular flexibility index (Phi) is 5.34. The molecule has 1 unspecified atom stereocenters. The fourth-order valence-electron chi connectivity index (χ4n) is 2.51. The molecule has 0 aliphatic heterocycles. The quantitative estimate of drug-likeness (QED) is 0.866. The molecule has 2 aromatic carbocycles. The average molecular weight is 287 g/mol. The number of rotatable bonds is 6. The Labute approximate surface area is 126 Å². The van der Waals surface area contributed by atoms with Gasteiger partial charge >= 0.3 is 0 Å². The lowest BCUT2D eigenvalue weighted by atomic mass is 9.97. The Morgan fingerprint density at radius 2 is 2.00 bits per heavy atom. The molecular formula is C18H22FNO. The molecule has 0 saturated heterocycles. The maximum atomic E-state index is 13.3. The van der Waals surface area contributed by atoms with Crippen LogP contribution in [-0.4, -0.2) is 13.7 Å². The van der Waals surface area contributed by atoms with Crippen molar-refractivity contribution < 1.29 is 9.13 Å². The lowest BCUT2D eigenvalue weighted by Crippen LogP contribution is -2.23. The number of methoxy groups -OCH3 is 1. The van der Waals surface area contributed by atoms with Crippen LogP contribution in [0, 0.1) is 12.7 Å². The maximum Gasteiger partial charge on any atom is 0.123 e. The minimum Gasteiger partial charge on any atom is -0.496 e. The van der Waals surface area contributed by atoms with Gasteiger partial charge in [0.05, 0.1) is 7.11 Å². The topological polar surface area (TPSA) is 21.3 Å². The molecule has 0 radical (unpaired) electrons. The smallest absolute Gasteiger partial charge is 0.123 e. The van der Waals surface area contributed by atoms with E-state index < -0.39 is 0 Å². The highest BCUT2D eigenvalue weighted by atomic mass is 19.1. The lowest BCUT2D eigenvalue weighted by molar-refractivity contribution is 0.410. The van der Waals surface area contributed by atoms with Gasteiger partial charge in [-0.25, -0.2) is 4.39 Å². The van der Waals surface area contributed by atoms with Crippen LogP contribution in [0.2, 0.25) is 0 Å². The van der Waals surface area contributed by atoms with E-state index in [1.165, 1.54) is 6.07 Å². The van der Waals surface area contributed by atoms with Crippen LogP contribution in [0.1, 0.15) is 29.7 Å². The van der Waals surface area contributed by atoms with Gasteiger partial charge in [-0.2, -0.15) is 0 Å². The second-order valence-corrected chi connectivity index (χ2v) is 5.17. The zero-order chi connectivity index (χ0) is 15.2. The summed E-state index contributed by atoms with van der Waals surface area (Å²) >= 11 is 0. The number of likely N-dealkylation sites (N-methyl/N-ethyl adjacent to an activating group) is 1. The van der Waals surface area contributed by atoms with Gasteiger partial charge in [0.25, 0.3) is 0 Å². The van der Waals surface area contributed by atoms with Crippen molar-refractivity contribution in [3.8, 4) is 5.75 Å². The van der Waals surface area contributed by atoms with Crippen molar-refractivity contribution in [2.45, 2.75) is 26.3 Å². The third-order valence-corrected chi connectivity index (χ3v) is 3.61. The van der Waals surface area contributed by atoms with Gasteiger partial charge in [0.1, 0.15) is 11.6 Å². The van der Waals surface area contributed by atoms with Crippen molar-refractivity contribution in [3.63, 3.8) is 0 Å². The fourth-order valence-corrected chi connectivity index (χ4v) is 2.51. The Morgan fingerprint density at radius 1 is 1.19 bits per heavy atom. The molecular weight excluding hydrogens is 265 g/mol. The Balaban J connectivity index is 2.26. The van der Waals surface area contributed by atoms with E-state index in [1.807, 2.05) is 13.0 Å². The summed E-state index contributed by atoms with van der Waals surface area (Å²) < 4.78 is 18.7. The van der Waals surface area contributed by atoms with Crippen molar-refractivity contribution in [1.29, 1.82) is 0 Å². The van der Waals surface area contributed by atoms with Crippen LogP contribution in [0.15, 0.2) is 42.5 Å². The minimum atomic E-state index is -0.191. The van der Waals surface area contributed by atoms with Crippen LogP contribution < -0.4 is 10.1 Å². The largest absolute Gasteiger partial charge is 0.496 e. The molecule has 0 amide bonds. The van der Waals surface area contributed by atoms with Gasteiger partial charge in [0, 0.05) is 6.04 Å². The Bertz CT molecular complexity index is 598. The van der Waals surface area contributed by atoms with Crippen molar-refractivity contribution in [3.05, 3.63) is 65.0 Å². The predicted octanol–water partition coefficient (Wildman–Crippen LogP) is 4.04. The molecule has 0 spiro atoms. The SMILES string of the molecule is CCNC(Cc1cccc(F)c1)c1ccc(C)c(OC)c1. The van der Waals surface area contributed by atoms with Crippen LogP contribution in [0.3, 0.4) is 0 Å². The maximum absolute atomic E-state index is 13.3. The highest BCUT2D eigenvalue weighted by Gasteiger charge is 2.13. The van der Waals surface area contributed by atoms with E-state index >= 15 is 0 Å². The summed E-state index contributed by atoms with van der Waals surface area (Å²) in [5.41, 5.74) is 3.26. The number of benzene rings is 2. The van der Waals surface area contributed by atoms with Crippen LogP contribution >= 0.6 is 0 Å². The first-order valence-corrected chi connectivity index (χ1v) is 7.26. The molecule has 112 valence electrons. The molecule has 3 heteroatoms. The van der Waals surface area contributed by atoms with Gasteiger partial charge in [-0.3, -0.25) is 0 Å². The van der Waals surface area contributed by atoms with E-state index in [0.29, 0.717) is 0 Å². The molecule has 0 aliphatic carbocycles. The van der Waals surface area contributed by atoms with E-state index in [2.05, 4.69) is 30.4 Å². The first-order chi connectivity index (χ1) is 10.1. The number of hydrogen-bond donors (Lipinski definition) is 1. The zero-order valence-electron chi connectivity index (χ0n) is 12.8. The molecule has 0 bridgehead atoms. The van der Waals surface area contributed by atoms with Gasteiger partial charge in [-0.1, -0.05) is 31.2 Å². The molecule has 2 aromatic rings. The monoisotopic (exact) mass is 287 g/mol. The van der Waals surface area contributed by atoms with Crippen LogP contribution in [0.25, 0.3) is 0 Å². The molecule has 0 heterocycles. The molecule has 1 N–H and O–H groups in total. The zero-order valence-corrected chi connectivity index (χ0v) is 12.8. The summed E-state index contributed by atoms with van der Waals surface area (Å²) in [6.07, 6.45) is 0.748. The first-order valence-electron chi connectivity index (χ1n) is 7.26. The lowest BCUT2D eigenvalue weighted by Gasteiger charge is -2.20. The number of hydrogen-bond acceptors (Lipinski definition) is 2. The van der Waals surface area contributed by atoms with E-state index in [-0.39, 0.29) is 11.9 Å².